The van der Waals surface area contributed by atoms with Gasteiger partial charge in [-0.05, 0) is 42.8 Å². The van der Waals surface area contributed by atoms with Gasteiger partial charge < -0.3 is 9.84 Å². The molecule has 0 aromatic heterocycles. The van der Waals surface area contributed by atoms with E-state index in [2.05, 4.69) is 0 Å². The largest absolute Gasteiger partial charge is 0.464 e. The number of nitro groups is 1. The molecule has 1 heterocycles. The first-order chi connectivity index (χ1) is 16.4. The first-order valence-corrected chi connectivity index (χ1v) is 11.0. The molecule has 2 atom stereocenters. The molecule has 4 rings (SSSR count). The van der Waals surface area contributed by atoms with E-state index in [0.717, 1.165) is 5.56 Å². The number of halogens is 1. The van der Waals surface area contributed by atoms with E-state index in [0.29, 0.717) is 16.4 Å². The Balaban J connectivity index is 1.94. The maximum absolute atomic E-state index is 13.6. The maximum Gasteiger partial charge on any atom is 0.337 e. The first-order valence-electron chi connectivity index (χ1n) is 10.7. The number of esters is 1. The summed E-state index contributed by atoms with van der Waals surface area (Å²) in [7, 11) is 0. The summed E-state index contributed by atoms with van der Waals surface area (Å²) in [5.41, 5.74) is -0.349. The second kappa shape index (κ2) is 9.62. The van der Waals surface area contributed by atoms with Gasteiger partial charge in [0.1, 0.15) is 6.10 Å². The van der Waals surface area contributed by atoms with Gasteiger partial charge in [0.25, 0.3) is 5.69 Å². The number of nitrogens with zero attached hydrogens (tertiary/aromatic N) is 3. The lowest BCUT2D eigenvalue weighted by atomic mass is 9.81. The zero-order chi connectivity index (χ0) is 24.3. The van der Waals surface area contributed by atoms with E-state index in [1.165, 1.54) is 23.2 Å². The second-order valence-electron chi connectivity index (χ2n) is 7.74. The Labute approximate surface area is 201 Å². The van der Waals surface area contributed by atoms with Gasteiger partial charge in [-0.25, -0.2) is 9.80 Å². The fraction of sp³-hybridized carbons (Fsp3) is 0.200. The number of aliphatic hydroxyl groups excluding tert-OH is 1. The van der Waals surface area contributed by atoms with Crippen LogP contribution >= 0.6 is 11.6 Å². The van der Waals surface area contributed by atoms with Crippen LogP contribution in [-0.4, -0.2) is 33.9 Å². The fourth-order valence-electron chi connectivity index (χ4n) is 4.12. The Morgan fingerprint density at radius 1 is 1.15 bits per heavy atom. The third kappa shape index (κ3) is 4.13. The molecule has 0 radical (unpaired) electrons. The molecule has 1 N–H and O–H groups in total. The molecule has 0 spiro atoms. The van der Waals surface area contributed by atoms with E-state index in [-0.39, 0.29) is 24.3 Å². The molecule has 3 aromatic carbocycles. The average molecular weight is 480 g/mol. The summed E-state index contributed by atoms with van der Waals surface area (Å²) in [6.07, 6.45) is -1.67. The van der Waals surface area contributed by atoms with Crippen molar-refractivity contribution in [3.63, 3.8) is 0 Å². The van der Waals surface area contributed by atoms with Crippen LogP contribution in [0.4, 0.5) is 11.4 Å². The lowest BCUT2D eigenvalue weighted by molar-refractivity contribution is -0.386. The van der Waals surface area contributed by atoms with Crippen LogP contribution in [-0.2, 0) is 9.53 Å². The van der Waals surface area contributed by atoms with Crippen molar-refractivity contribution in [3.05, 3.63) is 105 Å². The highest BCUT2D eigenvalue weighted by Gasteiger charge is 2.58. The van der Waals surface area contributed by atoms with Gasteiger partial charge in [-0.3, -0.25) is 10.1 Å². The van der Waals surface area contributed by atoms with Gasteiger partial charge in [-0.2, -0.15) is 5.10 Å². The smallest absolute Gasteiger partial charge is 0.337 e. The third-order valence-electron chi connectivity index (χ3n) is 5.72. The lowest BCUT2D eigenvalue weighted by Crippen LogP contribution is -2.55. The van der Waals surface area contributed by atoms with Gasteiger partial charge in [0.15, 0.2) is 5.54 Å². The van der Waals surface area contributed by atoms with Gasteiger partial charge in [0.2, 0.25) is 0 Å². The van der Waals surface area contributed by atoms with E-state index in [1.807, 2.05) is 30.3 Å². The van der Waals surface area contributed by atoms with E-state index < -0.39 is 22.5 Å². The van der Waals surface area contributed by atoms with Crippen LogP contribution < -0.4 is 5.01 Å². The Morgan fingerprint density at radius 3 is 2.44 bits per heavy atom. The molecule has 34 heavy (non-hydrogen) atoms. The number of hydrogen-bond donors (Lipinski definition) is 1. The van der Waals surface area contributed by atoms with Crippen LogP contribution in [0.5, 0.6) is 0 Å². The molecule has 0 saturated heterocycles. The topological polar surface area (TPSA) is 105 Å². The van der Waals surface area contributed by atoms with Crippen molar-refractivity contribution in [1.29, 1.82) is 0 Å². The van der Waals surface area contributed by atoms with E-state index in [1.54, 1.807) is 37.3 Å². The van der Waals surface area contributed by atoms with Crippen LogP contribution in [0, 0.1) is 10.1 Å². The standard InChI is InChI=1S/C25H22ClN3O5/c1-2-34-24(31)25(23(30)20-10-6-7-11-22(20)29(32)33)16-21(17-8-4-3-5-9-17)27-28(25)19-14-12-18(26)13-15-19/h3-15,23,30H,2,16H2,1H3/t23-,25+/m1/s1. The minimum absolute atomic E-state index is 0.0102. The van der Waals surface area contributed by atoms with Crippen molar-refractivity contribution >= 4 is 34.7 Å². The van der Waals surface area contributed by atoms with Gasteiger partial charge >= 0.3 is 5.97 Å². The van der Waals surface area contributed by atoms with Gasteiger partial charge in [-0.15, -0.1) is 0 Å². The van der Waals surface area contributed by atoms with E-state index >= 15 is 0 Å². The number of hydrogen-bond acceptors (Lipinski definition) is 7. The van der Waals surface area contributed by atoms with Gasteiger partial charge in [-0.1, -0.05) is 54.1 Å². The predicted molar refractivity (Wildman–Crippen MR) is 129 cm³/mol. The number of rotatable bonds is 7. The van der Waals surface area contributed by atoms with Gasteiger partial charge in [0, 0.05) is 17.5 Å². The second-order valence-corrected chi connectivity index (χ2v) is 8.18. The number of nitro benzene ring substituents is 1. The summed E-state index contributed by atoms with van der Waals surface area (Å²) in [5, 5.41) is 30.0. The molecule has 3 aromatic rings. The number of anilines is 1. The lowest BCUT2D eigenvalue weighted by Gasteiger charge is -2.38. The normalized spacial score (nSPS) is 18.3. The van der Waals surface area contributed by atoms with Crippen molar-refractivity contribution in [3.8, 4) is 0 Å². The zero-order valence-electron chi connectivity index (χ0n) is 18.3. The molecule has 0 amide bonds. The SMILES string of the molecule is CCOC(=O)[C@@]1([C@H](O)c2ccccc2[N+](=O)[O-])CC(c2ccccc2)=NN1c1ccc(Cl)cc1. The van der Waals surface area contributed by atoms with Crippen molar-refractivity contribution in [2.24, 2.45) is 5.10 Å². The Kier molecular flexibility index (Phi) is 6.63. The number of ether oxygens (including phenoxy) is 1. The van der Waals surface area contributed by atoms with Crippen LogP contribution in [0.2, 0.25) is 5.02 Å². The number of hydrazone groups is 1. The summed E-state index contributed by atoms with van der Waals surface area (Å²) in [6, 6.07) is 21.6. The number of carbonyl (C=O) groups excluding carboxylic acids is 1. The van der Waals surface area contributed by atoms with Crippen molar-refractivity contribution < 1.29 is 19.6 Å². The van der Waals surface area contributed by atoms with E-state index in [9.17, 15) is 20.0 Å². The van der Waals surface area contributed by atoms with Crippen LogP contribution in [0.25, 0.3) is 0 Å². The number of aliphatic hydroxyl groups is 1. The predicted octanol–water partition coefficient (Wildman–Crippen LogP) is 4.90. The molecule has 0 unspecified atom stereocenters. The monoisotopic (exact) mass is 479 g/mol. The molecule has 0 bridgehead atoms. The molecule has 0 aliphatic carbocycles. The first kappa shape index (κ1) is 23.4. The molecule has 1 aliphatic heterocycles. The quantitative estimate of drug-likeness (QED) is 0.293. The van der Waals surface area contributed by atoms with Crippen LogP contribution in [0.15, 0.2) is 84.0 Å². The summed E-state index contributed by atoms with van der Waals surface area (Å²) >= 11 is 6.07. The van der Waals surface area contributed by atoms with Crippen molar-refractivity contribution in [2.75, 3.05) is 11.6 Å². The van der Waals surface area contributed by atoms with Crippen molar-refractivity contribution in [2.45, 2.75) is 25.0 Å². The fourth-order valence-corrected chi connectivity index (χ4v) is 4.24. The summed E-state index contributed by atoms with van der Waals surface area (Å²) < 4.78 is 5.42. The highest BCUT2D eigenvalue weighted by atomic mass is 35.5. The molecule has 0 saturated carbocycles. The molecule has 9 heteroatoms. The molecule has 8 nitrogen and oxygen atoms in total. The number of benzene rings is 3. The molecule has 1 aliphatic rings. The average Bonchev–Trinajstić information content (AvgIpc) is 3.26. The molecule has 0 fully saturated rings. The van der Waals surface area contributed by atoms with Crippen LogP contribution in [0.1, 0.15) is 30.6 Å². The number of carbonyl (C=O) groups is 1. The third-order valence-corrected chi connectivity index (χ3v) is 5.98. The van der Waals surface area contributed by atoms with Crippen molar-refractivity contribution in [1.82, 2.24) is 0 Å². The molecule has 174 valence electrons. The molecular formula is C25H22ClN3O5. The zero-order valence-corrected chi connectivity index (χ0v) is 19.1. The maximum atomic E-state index is 13.6. The van der Waals surface area contributed by atoms with Crippen LogP contribution in [0.3, 0.4) is 0 Å². The minimum atomic E-state index is -1.79. The minimum Gasteiger partial charge on any atom is -0.464 e. The highest BCUT2D eigenvalue weighted by molar-refractivity contribution is 6.30. The summed E-state index contributed by atoms with van der Waals surface area (Å²) in [4.78, 5) is 24.7. The number of para-hydroxylation sites is 1. The highest BCUT2D eigenvalue weighted by Crippen LogP contribution is 2.46. The summed E-state index contributed by atoms with van der Waals surface area (Å²) in [5.74, 6) is -0.745. The Bertz CT molecular complexity index is 1230. The molecular weight excluding hydrogens is 458 g/mol. The van der Waals surface area contributed by atoms with Gasteiger partial charge in [0.05, 0.1) is 28.5 Å². The Morgan fingerprint density at radius 2 is 1.79 bits per heavy atom. The Hall–Kier alpha value is -3.75. The van der Waals surface area contributed by atoms with E-state index in [4.69, 9.17) is 21.4 Å². The summed E-state index contributed by atoms with van der Waals surface area (Å²) in [6.45, 7) is 1.71.